The van der Waals surface area contributed by atoms with E-state index in [0.29, 0.717) is 12.3 Å². The predicted molar refractivity (Wildman–Crippen MR) is 66.4 cm³/mol. The smallest absolute Gasteiger partial charge is 0.327 e. The van der Waals surface area contributed by atoms with Crippen LogP contribution in [0.25, 0.3) is 0 Å². The Bertz CT molecular complexity index is 375. The summed E-state index contributed by atoms with van der Waals surface area (Å²) in [6, 6.07) is 7.54. The number of ether oxygens (including phenoxy) is 1. The molecule has 1 aromatic carbocycles. The van der Waals surface area contributed by atoms with E-state index in [2.05, 4.69) is 5.32 Å². The van der Waals surface area contributed by atoms with Crippen LogP contribution in [0.4, 0.5) is 0 Å². The molecule has 4 heteroatoms. The topological polar surface area (TPSA) is 58.6 Å². The highest BCUT2D eigenvalue weighted by atomic mass is 16.5. The van der Waals surface area contributed by atoms with Gasteiger partial charge in [-0.15, -0.1) is 0 Å². The molecule has 0 bridgehead atoms. The molecule has 2 N–H and O–H groups in total. The average molecular weight is 237 g/mol. The molecule has 0 heterocycles. The first-order chi connectivity index (χ1) is 7.98. The number of hydrogen-bond donors (Lipinski definition) is 2. The highest BCUT2D eigenvalue weighted by Gasteiger charge is 2.33. The number of nitrogens with one attached hydrogen (secondary N) is 1. The normalized spacial score (nSPS) is 14.1. The van der Waals surface area contributed by atoms with E-state index in [1.54, 1.807) is 6.92 Å². The molecule has 4 nitrogen and oxygen atoms in total. The second kappa shape index (κ2) is 5.68. The fraction of sp³-hybridized carbons (Fsp3) is 0.462. The Balaban J connectivity index is 2.64. The molecule has 0 aliphatic rings. The van der Waals surface area contributed by atoms with Gasteiger partial charge < -0.3 is 9.84 Å². The van der Waals surface area contributed by atoms with Crippen LogP contribution in [0.2, 0.25) is 0 Å². The van der Waals surface area contributed by atoms with Crippen molar-refractivity contribution in [2.75, 3.05) is 13.2 Å². The standard InChI is InChI=1S/C13H19NO3/c1-4-14-13(3,12(15)16)9-17-11-7-5-10(2)6-8-11/h5-8,14H,4,9H2,1-3H3,(H,15,16). The van der Waals surface area contributed by atoms with Crippen LogP contribution in [-0.4, -0.2) is 29.8 Å². The van der Waals surface area contributed by atoms with Crippen molar-refractivity contribution < 1.29 is 14.6 Å². The third-order valence-corrected chi connectivity index (χ3v) is 2.59. The maximum Gasteiger partial charge on any atom is 0.327 e. The number of aryl methyl sites for hydroxylation is 1. The quantitative estimate of drug-likeness (QED) is 0.792. The van der Waals surface area contributed by atoms with Crippen LogP contribution in [0, 0.1) is 6.92 Å². The number of rotatable bonds is 6. The molecule has 0 saturated carbocycles. The maximum atomic E-state index is 11.1. The molecule has 0 saturated heterocycles. The Hall–Kier alpha value is -1.55. The summed E-state index contributed by atoms with van der Waals surface area (Å²) in [5, 5.41) is 12.1. The zero-order valence-electron chi connectivity index (χ0n) is 10.5. The van der Waals surface area contributed by atoms with Crippen molar-refractivity contribution in [3.8, 4) is 5.75 Å². The van der Waals surface area contributed by atoms with Gasteiger partial charge in [0.25, 0.3) is 0 Å². The number of hydrogen-bond acceptors (Lipinski definition) is 3. The predicted octanol–water partition coefficient (Wildman–Crippen LogP) is 1.83. The number of aliphatic carboxylic acids is 1. The minimum absolute atomic E-state index is 0.0965. The second-order valence-electron chi connectivity index (χ2n) is 4.27. The van der Waals surface area contributed by atoms with Gasteiger partial charge in [0.2, 0.25) is 0 Å². The van der Waals surface area contributed by atoms with Crippen molar-refractivity contribution in [1.82, 2.24) is 5.32 Å². The Labute approximate surface area is 102 Å². The fourth-order valence-electron chi connectivity index (χ4n) is 1.44. The number of carboxylic acids is 1. The number of benzene rings is 1. The van der Waals surface area contributed by atoms with Crippen molar-refractivity contribution in [2.45, 2.75) is 26.3 Å². The van der Waals surface area contributed by atoms with E-state index in [4.69, 9.17) is 9.84 Å². The van der Waals surface area contributed by atoms with Gasteiger partial charge in [0.15, 0.2) is 0 Å². The van der Waals surface area contributed by atoms with E-state index in [-0.39, 0.29) is 6.61 Å². The lowest BCUT2D eigenvalue weighted by Crippen LogP contribution is -2.53. The van der Waals surface area contributed by atoms with Gasteiger partial charge in [-0.2, -0.15) is 0 Å². The lowest BCUT2D eigenvalue weighted by molar-refractivity contribution is -0.145. The number of carbonyl (C=O) groups is 1. The van der Waals surface area contributed by atoms with Crippen LogP contribution in [-0.2, 0) is 4.79 Å². The first-order valence-electron chi connectivity index (χ1n) is 5.66. The van der Waals surface area contributed by atoms with Crippen molar-refractivity contribution in [1.29, 1.82) is 0 Å². The minimum atomic E-state index is -1.06. The van der Waals surface area contributed by atoms with E-state index in [0.717, 1.165) is 5.56 Å². The Morgan fingerprint density at radius 2 is 2.00 bits per heavy atom. The highest BCUT2D eigenvalue weighted by Crippen LogP contribution is 2.14. The Morgan fingerprint density at radius 3 is 2.47 bits per heavy atom. The largest absolute Gasteiger partial charge is 0.491 e. The number of likely N-dealkylation sites (N-methyl/N-ethyl adjacent to an activating group) is 1. The summed E-state index contributed by atoms with van der Waals surface area (Å²) in [6.07, 6.45) is 0. The van der Waals surface area contributed by atoms with E-state index in [1.807, 2.05) is 38.1 Å². The van der Waals surface area contributed by atoms with Crippen molar-refractivity contribution >= 4 is 5.97 Å². The first-order valence-corrected chi connectivity index (χ1v) is 5.66. The zero-order valence-corrected chi connectivity index (χ0v) is 10.5. The molecule has 0 spiro atoms. The van der Waals surface area contributed by atoms with Gasteiger partial charge in [-0.3, -0.25) is 10.1 Å². The molecular weight excluding hydrogens is 218 g/mol. The Morgan fingerprint density at radius 1 is 1.41 bits per heavy atom. The molecule has 0 aliphatic heterocycles. The molecule has 1 unspecified atom stereocenters. The molecular formula is C13H19NO3. The van der Waals surface area contributed by atoms with Gasteiger partial charge in [0.05, 0.1) is 0 Å². The van der Waals surface area contributed by atoms with Crippen molar-refractivity contribution in [3.05, 3.63) is 29.8 Å². The lowest BCUT2D eigenvalue weighted by Gasteiger charge is -2.25. The van der Waals surface area contributed by atoms with Gasteiger partial charge in [-0.1, -0.05) is 24.6 Å². The van der Waals surface area contributed by atoms with Crippen LogP contribution in [0.5, 0.6) is 5.75 Å². The van der Waals surface area contributed by atoms with Crippen LogP contribution in [0.15, 0.2) is 24.3 Å². The van der Waals surface area contributed by atoms with Crippen LogP contribution < -0.4 is 10.1 Å². The SMILES string of the molecule is CCNC(C)(COc1ccc(C)cc1)C(=O)O. The highest BCUT2D eigenvalue weighted by molar-refractivity contribution is 5.78. The summed E-state index contributed by atoms with van der Waals surface area (Å²) in [5.41, 5.74) is 0.0876. The first kappa shape index (κ1) is 13.5. The molecule has 1 rings (SSSR count). The van der Waals surface area contributed by atoms with Crippen LogP contribution in [0.3, 0.4) is 0 Å². The zero-order chi connectivity index (χ0) is 12.9. The van der Waals surface area contributed by atoms with Gasteiger partial charge >= 0.3 is 5.97 Å². The Kier molecular flexibility index (Phi) is 4.52. The monoisotopic (exact) mass is 237 g/mol. The summed E-state index contributed by atoms with van der Waals surface area (Å²) in [7, 11) is 0. The summed E-state index contributed by atoms with van der Waals surface area (Å²) >= 11 is 0. The summed E-state index contributed by atoms with van der Waals surface area (Å²) in [5.74, 6) is -0.229. The summed E-state index contributed by atoms with van der Waals surface area (Å²) in [4.78, 5) is 11.1. The third-order valence-electron chi connectivity index (χ3n) is 2.59. The molecule has 94 valence electrons. The summed E-state index contributed by atoms with van der Waals surface area (Å²) < 4.78 is 5.50. The molecule has 0 aromatic heterocycles. The maximum absolute atomic E-state index is 11.1. The van der Waals surface area contributed by atoms with E-state index in [1.165, 1.54) is 0 Å². The van der Waals surface area contributed by atoms with E-state index in [9.17, 15) is 4.79 Å². The van der Waals surface area contributed by atoms with Crippen LogP contribution in [0.1, 0.15) is 19.4 Å². The average Bonchev–Trinajstić information content (AvgIpc) is 2.28. The second-order valence-corrected chi connectivity index (χ2v) is 4.27. The lowest BCUT2D eigenvalue weighted by atomic mass is 10.0. The molecule has 0 fully saturated rings. The van der Waals surface area contributed by atoms with E-state index < -0.39 is 11.5 Å². The molecule has 1 aromatic rings. The van der Waals surface area contributed by atoms with Crippen molar-refractivity contribution in [3.63, 3.8) is 0 Å². The number of carboxylic acid groups (broad SMARTS) is 1. The molecule has 17 heavy (non-hydrogen) atoms. The minimum Gasteiger partial charge on any atom is -0.491 e. The van der Waals surface area contributed by atoms with Gasteiger partial charge in [0.1, 0.15) is 17.9 Å². The molecule has 0 aliphatic carbocycles. The van der Waals surface area contributed by atoms with Gasteiger partial charge in [-0.05, 0) is 32.5 Å². The van der Waals surface area contributed by atoms with Crippen LogP contribution >= 0.6 is 0 Å². The van der Waals surface area contributed by atoms with Gasteiger partial charge in [-0.25, -0.2) is 0 Å². The van der Waals surface area contributed by atoms with E-state index >= 15 is 0 Å². The summed E-state index contributed by atoms with van der Waals surface area (Å²) in [6.45, 7) is 6.16. The van der Waals surface area contributed by atoms with Gasteiger partial charge in [0, 0.05) is 0 Å². The van der Waals surface area contributed by atoms with Crippen molar-refractivity contribution in [2.24, 2.45) is 0 Å². The molecule has 1 atom stereocenters. The molecule has 0 radical (unpaired) electrons. The third kappa shape index (κ3) is 3.75. The molecule has 0 amide bonds. The fourth-order valence-corrected chi connectivity index (χ4v) is 1.44.